The summed E-state index contributed by atoms with van der Waals surface area (Å²) >= 11 is 0. The van der Waals surface area contributed by atoms with Crippen LogP contribution in [0.15, 0.2) is 0 Å². The van der Waals surface area contributed by atoms with Crippen molar-refractivity contribution in [2.75, 3.05) is 53.4 Å². The predicted molar refractivity (Wildman–Crippen MR) is 54.3 cm³/mol. The van der Waals surface area contributed by atoms with Gasteiger partial charge in [-0.25, -0.2) is 0 Å². The van der Waals surface area contributed by atoms with Gasteiger partial charge >= 0.3 is 0 Å². The molecule has 0 fully saturated rings. The van der Waals surface area contributed by atoms with E-state index in [9.17, 15) is 0 Å². The van der Waals surface area contributed by atoms with E-state index in [2.05, 4.69) is 6.92 Å². The lowest BCUT2D eigenvalue weighted by atomic mass is 10.5. The Kier molecular flexibility index (Phi) is 12.7. The molecule has 0 bridgehead atoms. The summed E-state index contributed by atoms with van der Waals surface area (Å²) in [5.41, 5.74) is 0. The largest absolute Gasteiger partial charge is 0.382 e. The molecule has 4 nitrogen and oxygen atoms in total. The fraction of sp³-hybridized carbons (Fsp3) is 0.900. The fourth-order valence-corrected chi connectivity index (χ4v) is 0.786. The highest BCUT2D eigenvalue weighted by Gasteiger charge is 1.90. The van der Waals surface area contributed by atoms with Gasteiger partial charge in [0.2, 0.25) is 0 Å². The van der Waals surface area contributed by atoms with E-state index < -0.39 is 0 Å². The Bertz CT molecular complexity index is 86.1. The molecule has 0 aliphatic carbocycles. The standard InChI is InChI=1S/C10H21O4/c1-3-4-12-7-8-14-10-9-13-6-5-11-2/h1,3-10H2,2H3. The highest BCUT2D eigenvalue weighted by molar-refractivity contribution is 4.37. The van der Waals surface area contributed by atoms with Gasteiger partial charge in [0, 0.05) is 13.7 Å². The van der Waals surface area contributed by atoms with Crippen LogP contribution in [-0.4, -0.2) is 53.4 Å². The third kappa shape index (κ3) is 11.8. The zero-order chi connectivity index (χ0) is 10.5. The topological polar surface area (TPSA) is 36.9 Å². The van der Waals surface area contributed by atoms with Crippen LogP contribution in [0.4, 0.5) is 0 Å². The van der Waals surface area contributed by atoms with E-state index in [-0.39, 0.29) is 0 Å². The Labute approximate surface area is 86.5 Å². The van der Waals surface area contributed by atoms with Crippen molar-refractivity contribution in [3.05, 3.63) is 6.92 Å². The van der Waals surface area contributed by atoms with E-state index in [1.54, 1.807) is 7.11 Å². The first-order valence-electron chi connectivity index (χ1n) is 4.93. The molecular weight excluding hydrogens is 184 g/mol. The lowest BCUT2D eigenvalue weighted by Crippen LogP contribution is -2.11. The van der Waals surface area contributed by atoms with Crippen LogP contribution in [0.1, 0.15) is 6.42 Å². The molecule has 0 amide bonds. The molecule has 0 aromatic rings. The first kappa shape index (κ1) is 13.8. The molecule has 0 saturated carbocycles. The summed E-state index contributed by atoms with van der Waals surface area (Å²) in [4.78, 5) is 0. The van der Waals surface area contributed by atoms with Crippen molar-refractivity contribution >= 4 is 0 Å². The average Bonchev–Trinajstić information content (AvgIpc) is 2.21. The van der Waals surface area contributed by atoms with Crippen LogP contribution < -0.4 is 0 Å². The third-order valence-electron chi connectivity index (χ3n) is 1.46. The summed E-state index contributed by atoms with van der Waals surface area (Å²) < 4.78 is 20.5. The van der Waals surface area contributed by atoms with Crippen LogP contribution in [0, 0.1) is 6.92 Å². The van der Waals surface area contributed by atoms with Gasteiger partial charge in [0.05, 0.1) is 39.6 Å². The maximum Gasteiger partial charge on any atom is 0.0701 e. The van der Waals surface area contributed by atoms with Crippen molar-refractivity contribution in [3.8, 4) is 0 Å². The van der Waals surface area contributed by atoms with Gasteiger partial charge in [-0.3, -0.25) is 0 Å². The van der Waals surface area contributed by atoms with E-state index in [1.165, 1.54) is 0 Å². The summed E-state index contributed by atoms with van der Waals surface area (Å²) in [7, 11) is 1.65. The molecule has 0 spiro atoms. The SMILES string of the molecule is [CH2]CCOCCOCCOCCOC. The minimum atomic E-state index is 0.609. The summed E-state index contributed by atoms with van der Waals surface area (Å²) in [6.45, 7) is 8.09. The van der Waals surface area contributed by atoms with Gasteiger partial charge in [0.1, 0.15) is 0 Å². The second-order valence-electron chi connectivity index (χ2n) is 2.68. The second kappa shape index (κ2) is 12.8. The van der Waals surface area contributed by atoms with Gasteiger partial charge in [-0.1, -0.05) is 6.92 Å². The molecule has 0 aliphatic heterocycles. The third-order valence-corrected chi connectivity index (χ3v) is 1.46. The zero-order valence-corrected chi connectivity index (χ0v) is 9.00. The molecule has 1 radical (unpaired) electrons. The van der Waals surface area contributed by atoms with E-state index >= 15 is 0 Å². The molecule has 0 N–H and O–H groups in total. The number of rotatable bonds is 11. The van der Waals surface area contributed by atoms with Gasteiger partial charge in [-0.2, -0.15) is 0 Å². The zero-order valence-electron chi connectivity index (χ0n) is 9.00. The normalized spacial score (nSPS) is 10.7. The molecule has 0 unspecified atom stereocenters. The molecule has 0 aromatic heterocycles. The number of hydrogen-bond donors (Lipinski definition) is 0. The highest BCUT2D eigenvalue weighted by atomic mass is 16.6. The molecule has 4 heteroatoms. The van der Waals surface area contributed by atoms with Crippen molar-refractivity contribution in [1.82, 2.24) is 0 Å². The van der Waals surface area contributed by atoms with E-state index in [0.29, 0.717) is 46.2 Å². The Morgan fingerprint density at radius 1 is 0.714 bits per heavy atom. The smallest absolute Gasteiger partial charge is 0.0701 e. The second-order valence-corrected chi connectivity index (χ2v) is 2.68. The van der Waals surface area contributed by atoms with Crippen molar-refractivity contribution in [2.24, 2.45) is 0 Å². The molecule has 0 aromatic carbocycles. The molecule has 0 aliphatic rings. The molecule has 0 atom stereocenters. The maximum atomic E-state index is 5.25. The first-order chi connectivity index (χ1) is 6.91. The van der Waals surface area contributed by atoms with Crippen LogP contribution in [-0.2, 0) is 18.9 Å². The van der Waals surface area contributed by atoms with Crippen LogP contribution in [0.5, 0.6) is 0 Å². The summed E-state index contributed by atoms with van der Waals surface area (Å²) in [6.07, 6.45) is 0.806. The highest BCUT2D eigenvalue weighted by Crippen LogP contribution is 1.83. The average molecular weight is 205 g/mol. The van der Waals surface area contributed by atoms with Crippen molar-refractivity contribution in [1.29, 1.82) is 0 Å². The van der Waals surface area contributed by atoms with Crippen LogP contribution >= 0.6 is 0 Å². The predicted octanol–water partition coefficient (Wildman–Crippen LogP) is 0.907. The van der Waals surface area contributed by atoms with Crippen LogP contribution in [0.25, 0.3) is 0 Å². The fourth-order valence-electron chi connectivity index (χ4n) is 0.786. The first-order valence-corrected chi connectivity index (χ1v) is 4.93. The number of hydrogen-bond acceptors (Lipinski definition) is 4. The lowest BCUT2D eigenvalue weighted by molar-refractivity contribution is 0.00420. The van der Waals surface area contributed by atoms with E-state index in [1.807, 2.05) is 0 Å². The van der Waals surface area contributed by atoms with Gasteiger partial charge < -0.3 is 18.9 Å². The number of ether oxygens (including phenoxy) is 4. The Hall–Kier alpha value is -0.160. The van der Waals surface area contributed by atoms with Crippen LogP contribution in [0.2, 0.25) is 0 Å². The van der Waals surface area contributed by atoms with Crippen molar-refractivity contribution < 1.29 is 18.9 Å². The Morgan fingerprint density at radius 2 is 1.14 bits per heavy atom. The van der Waals surface area contributed by atoms with Gasteiger partial charge in [-0.15, -0.1) is 0 Å². The Morgan fingerprint density at radius 3 is 1.57 bits per heavy atom. The van der Waals surface area contributed by atoms with Crippen molar-refractivity contribution in [2.45, 2.75) is 6.42 Å². The molecule has 85 valence electrons. The molecule has 0 rings (SSSR count). The van der Waals surface area contributed by atoms with Gasteiger partial charge in [0.25, 0.3) is 0 Å². The quantitative estimate of drug-likeness (QED) is 0.470. The van der Waals surface area contributed by atoms with Crippen molar-refractivity contribution in [3.63, 3.8) is 0 Å². The molecule has 0 heterocycles. The van der Waals surface area contributed by atoms with Crippen LogP contribution in [0.3, 0.4) is 0 Å². The maximum absolute atomic E-state index is 5.25. The summed E-state index contributed by atoms with van der Waals surface area (Å²) in [5, 5.41) is 0. The van der Waals surface area contributed by atoms with Gasteiger partial charge in [0.15, 0.2) is 0 Å². The molecule has 0 saturated heterocycles. The number of methoxy groups -OCH3 is 1. The lowest BCUT2D eigenvalue weighted by Gasteiger charge is -2.05. The van der Waals surface area contributed by atoms with E-state index in [4.69, 9.17) is 18.9 Å². The van der Waals surface area contributed by atoms with E-state index in [0.717, 1.165) is 6.42 Å². The monoisotopic (exact) mass is 205 g/mol. The minimum Gasteiger partial charge on any atom is -0.382 e. The van der Waals surface area contributed by atoms with Gasteiger partial charge in [-0.05, 0) is 6.42 Å². The Balaban J connectivity index is 2.78. The molecular formula is C10H21O4. The minimum absolute atomic E-state index is 0.609. The molecule has 14 heavy (non-hydrogen) atoms. The summed E-state index contributed by atoms with van der Waals surface area (Å²) in [6, 6.07) is 0. The summed E-state index contributed by atoms with van der Waals surface area (Å²) in [5.74, 6) is 0.